The number of rotatable bonds is 5. The molecule has 1 aromatic carbocycles. The fourth-order valence-electron chi connectivity index (χ4n) is 3.43. The van der Waals surface area contributed by atoms with Crippen molar-refractivity contribution in [3.8, 4) is 0 Å². The first kappa shape index (κ1) is 16.5. The summed E-state index contributed by atoms with van der Waals surface area (Å²) in [5, 5.41) is 1.15. The Morgan fingerprint density at radius 1 is 1.35 bits per heavy atom. The summed E-state index contributed by atoms with van der Waals surface area (Å²) >= 11 is 0. The summed E-state index contributed by atoms with van der Waals surface area (Å²) in [5.41, 5.74) is 3.18. The van der Waals surface area contributed by atoms with E-state index in [1.54, 1.807) is 0 Å². The zero-order chi connectivity index (χ0) is 16.4. The van der Waals surface area contributed by atoms with E-state index in [-0.39, 0.29) is 5.75 Å². The predicted molar refractivity (Wildman–Crippen MR) is 94.0 cm³/mol. The third kappa shape index (κ3) is 3.76. The molecule has 5 nitrogen and oxygen atoms in total. The van der Waals surface area contributed by atoms with Crippen LogP contribution < -0.4 is 4.72 Å². The van der Waals surface area contributed by atoms with Crippen molar-refractivity contribution in [1.82, 2.24) is 14.6 Å². The molecule has 1 unspecified atom stereocenters. The van der Waals surface area contributed by atoms with Crippen molar-refractivity contribution in [3.63, 3.8) is 0 Å². The van der Waals surface area contributed by atoms with Gasteiger partial charge in [-0.2, -0.15) is 0 Å². The average molecular weight is 335 g/mol. The number of aromatic amines is 1. The minimum absolute atomic E-state index is 0.0212. The van der Waals surface area contributed by atoms with Gasteiger partial charge in [0.15, 0.2) is 0 Å². The van der Waals surface area contributed by atoms with Crippen LogP contribution in [0, 0.1) is 0 Å². The van der Waals surface area contributed by atoms with Crippen LogP contribution in [-0.4, -0.2) is 45.0 Å². The summed E-state index contributed by atoms with van der Waals surface area (Å²) < 4.78 is 25.9. The second-order valence-corrected chi connectivity index (χ2v) is 8.42. The molecule has 0 aliphatic carbocycles. The Morgan fingerprint density at radius 2 is 2.17 bits per heavy atom. The number of nitrogens with one attached hydrogen (secondary N) is 2. The number of piperidine rings is 1. The van der Waals surface area contributed by atoms with Gasteiger partial charge in [-0.3, -0.25) is 0 Å². The smallest absolute Gasteiger partial charge is 0.215 e. The largest absolute Gasteiger partial charge is 0.361 e. The van der Waals surface area contributed by atoms with Crippen molar-refractivity contribution in [2.75, 3.05) is 20.6 Å². The van der Waals surface area contributed by atoms with Crippen molar-refractivity contribution in [2.24, 2.45) is 0 Å². The van der Waals surface area contributed by atoms with Gasteiger partial charge in [0.25, 0.3) is 0 Å². The predicted octanol–water partition coefficient (Wildman–Crippen LogP) is 2.24. The van der Waals surface area contributed by atoms with Gasteiger partial charge in [0, 0.05) is 23.1 Å². The van der Waals surface area contributed by atoms with Crippen LogP contribution in [0.15, 0.2) is 24.4 Å². The Labute approximate surface area is 138 Å². The van der Waals surface area contributed by atoms with E-state index in [9.17, 15) is 8.42 Å². The van der Waals surface area contributed by atoms with Gasteiger partial charge in [-0.1, -0.05) is 12.5 Å². The van der Waals surface area contributed by atoms with Crippen molar-refractivity contribution in [1.29, 1.82) is 0 Å². The highest BCUT2D eigenvalue weighted by Crippen LogP contribution is 2.25. The molecule has 3 rings (SSSR count). The molecule has 2 N–H and O–H groups in total. The van der Waals surface area contributed by atoms with Crippen molar-refractivity contribution >= 4 is 20.9 Å². The lowest BCUT2D eigenvalue weighted by Crippen LogP contribution is -2.37. The summed E-state index contributed by atoms with van der Waals surface area (Å²) in [6, 6.07) is 6.44. The zero-order valence-corrected chi connectivity index (χ0v) is 14.6. The van der Waals surface area contributed by atoms with Crippen molar-refractivity contribution in [2.45, 2.75) is 37.5 Å². The molecule has 1 fully saturated rings. The fraction of sp³-hybridized carbons (Fsp3) is 0.529. The summed E-state index contributed by atoms with van der Waals surface area (Å²) in [7, 11) is 0.409. The highest BCUT2D eigenvalue weighted by molar-refractivity contribution is 7.88. The molecule has 2 aromatic rings. The summed E-state index contributed by atoms with van der Waals surface area (Å²) in [6.07, 6.45) is 6.90. The van der Waals surface area contributed by atoms with Gasteiger partial charge in [0.05, 0.1) is 5.75 Å². The zero-order valence-electron chi connectivity index (χ0n) is 13.8. The van der Waals surface area contributed by atoms with Crippen molar-refractivity contribution < 1.29 is 8.42 Å². The molecule has 2 heterocycles. The first-order valence-corrected chi connectivity index (χ1v) is 9.84. The lowest BCUT2D eigenvalue weighted by Gasteiger charge is -2.32. The van der Waals surface area contributed by atoms with E-state index in [1.807, 2.05) is 18.2 Å². The van der Waals surface area contributed by atoms with Crippen LogP contribution in [0.3, 0.4) is 0 Å². The lowest BCUT2D eigenvalue weighted by molar-refractivity contribution is 0.185. The summed E-state index contributed by atoms with van der Waals surface area (Å²) in [4.78, 5) is 5.76. The van der Waals surface area contributed by atoms with Crippen LogP contribution in [0.25, 0.3) is 10.9 Å². The van der Waals surface area contributed by atoms with Crippen LogP contribution in [-0.2, 0) is 22.2 Å². The number of likely N-dealkylation sites (N-methyl/N-ethyl adjacent to an activating group) is 1. The maximum absolute atomic E-state index is 11.8. The minimum Gasteiger partial charge on any atom is -0.361 e. The average Bonchev–Trinajstić information content (AvgIpc) is 2.92. The van der Waals surface area contributed by atoms with E-state index in [2.05, 4.69) is 27.9 Å². The number of nitrogens with zero attached hydrogens (tertiary/aromatic N) is 1. The topological polar surface area (TPSA) is 65.2 Å². The Hall–Kier alpha value is -1.37. The number of hydrogen-bond acceptors (Lipinski definition) is 3. The van der Waals surface area contributed by atoms with E-state index >= 15 is 0 Å². The molecule has 0 bridgehead atoms. The number of aromatic nitrogens is 1. The second-order valence-electron chi connectivity index (χ2n) is 6.49. The molecule has 1 aromatic heterocycles. The minimum atomic E-state index is -3.24. The molecule has 0 amide bonds. The van der Waals surface area contributed by atoms with Crippen LogP contribution in [0.2, 0.25) is 0 Å². The first-order chi connectivity index (χ1) is 11.0. The Bertz CT molecular complexity index is 782. The van der Waals surface area contributed by atoms with Gasteiger partial charge >= 0.3 is 0 Å². The first-order valence-electron chi connectivity index (χ1n) is 8.19. The van der Waals surface area contributed by atoms with Gasteiger partial charge in [-0.15, -0.1) is 0 Å². The number of sulfonamides is 1. The molecular weight excluding hydrogens is 310 g/mol. The molecular formula is C17H25N3O2S. The van der Waals surface area contributed by atoms with Gasteiger partial charge in [0.2, 0.25) is 10.0 Å². The Kier molecular flexibility index (Phi) is 4.75. The number of benzene rings is 1. The van der Waals surface area contributed by atoms with E-state index in [4.69, 9.17) is 0 Å². The number of H-pyrrole nitrogens is 1. The van der Waals surface area contributed by atoms with E-state index in [1.165, 1.54) is 38.4 Å². The SMILES string of the molecule is CNS(=O)(=O)Cc1ccc2[nH]cc(CC3CCCCN3C)c2c1. The third-order valence-electron chi connectivity index (χ3n) is 4.88. The fourth-order valence-corrected chi connectivity index (χ4v) is 4.19. The van der Waals surface area contributed by atoms with Gasteiger partial charge in [-0.05, 0) is 63.2 Å². The molecule has 0 radical (unpaired) electrons. The van der Waals surface area contributed by atoms with E-state index in [0.29, 0.717) is 6.04 Å². The van der Waals surface area contributed by atoms with Crippen LogP contribution >= 0.6 is 0 Å². The molecule has 1 saturated heterocycles. The maximum atomic E-state index is 11.8. The third-order valence-corrected chi connectivity index (χ3v) is 6.21. The van der Waals surface area contributed by atoms with Gasteiger partial charge in [0.1, 0.15) is 0 Å². The molecule has 6 heteroatoms. The van der Waals surface area contributed by atoms with E-state index < -0.39 is 10.0 Å². The highest BCUT2D eigenvalue weighted by atomic mass is 32.2. The normalized spacial score (nSPS) is 20.2. The molecule has 0 saturated carbocycles. The molecule has 1 aliphatic rings. The number of fused-ring (bicyclic) bond motifs is 1. The number of likely N-dealkylation sites (tertiary alicyclic amines) is 1. The summed E-state index contributed by atoms with van der Waals surface area (Å²) in [6.45, 7) is 1.17. The number of hydrogen-bond donors (Lipinski definition) is 2. The maximum Gasteiger partial charge on any atom is 0.215 e. The van der Waals surface area contributed by atoms with E-state index in [0.717, 1.165) is 22.9 Å². The van der Waals surface area contributed by atoms with Crippen LogP contribution in [0.1, 0.15) is 30.4 Å². The lowest BCUT2D eigenvalue weighted by atomic mass is 9.96. The van der Waals surface area contributed by atoms with Crippen LogP contribution in [0.4, 0.5) is 0 Å². The van der Waals surface area contributed by atoms with Crippen LogP contribution in [0.5, 0.6) is 0 Å². The van der Waals surface area contributed by atoms with Gasteiger partial charge < -0.3 is 9.88 Å². The Morgan fingerprint density at radius 3 is 2.91 bits per heavy atom. The second kappa shape index (κ2) is 6.63. The standard InChI is InChI=1S/C17H25N3O2S/c1-18-23(21,22)12-13-6-7-17-16(9-13)14(11-19-17)10-15-5-3-4-8-20(15)2/h6-7,9,11,15,18-19H,3-5,8,10,12H2,1-2H3. The monoisotopic (exact) mass is 335 g/mol. The Balaban J connectivity index is 1.86. The van der Waals surface area contributed by atoms with Gasteiger partial charge in [-0.25, -0.2) is 13.1 Å². The highest BCUT2D eigenvalue weighted by Gasteiger charge is 2.20. The summed E-state index contributed by atoms with van der Waals surface area (Å²) in [5.74, 6) is 0.0212. The molecule has 0 spiro atoms. The molecule has 126 valence electrons. The molecule has 1 atom stereocenters. The molecule has 23 heavy (non-hydrogen) atoms. The quantitative estimate of drug-likeness (QED) is 0.881. The van der Waals surface area contributed by atoms with Crippen molar-refractivity contribution in [3.05, 3.63) is 35.5 Å². The molecule has 1 aliphatic heterocycles.